The predicted octanol–water partition coefficient (Wildman–Crippen LogP) is 2.71. The second-order valence-electron chi connectivity index (χ2n) is 5.03. The zero-order valence-electron chi connectivity index (χ0n) is 11.4. The Balaban J connectivity index is 2.48. The van der Waals surface area contributed by atoms with Crippen molar-refractivity contribution in [1.82, 2.24) is 4.98 Å². The number of rotatable bonds is 5. The van der Waals surface area contributed by atoms with Crippen molar-refractivity contribution >= 4 is 22.9 Å². The summed E-state index contributed by atoms with van der Waals surface area (Å²) in [6.07, 6.45) is 3.68. The fourth-order valence-corrected chi connectivity index (χ4v) is 2.72. The van der Waals surface area contributed by atoms with Crippen LogP contribution in [0, 0.1) is 13.8 Å². The van der Waals surface area contributed by atoms with Crippen molar-refractivity contribution in [3.05, 3.63) is 23.0 Å². The van der Waals surface area contributed by atoms with Crippen LogP contribution in [0.15, 0.2) is 6.07 Å². The van der Waals surface area contributed by atoms with E-state index in [1.165, 1.54) is 18.5 Å². The first kappa shape index (κ1) is 13.3. The van der Waals surface area contributed by atoms with Crippen LogP contribution in [-0.2, 0) is 0 Å². The summed E-state index contributed by atoms with van der Waals surface area (Å²) in [6.45, 7) is 7.28. The van der Waals surface area contributed by atoms with Crippen LogP contribution in [0.4, 0.5) is 5.69 Å². The Hall–Kier alpha value is -1.16. The molecule has 1 saturated carbocycles. The lowest BCUT2D eigenvalue weighted by Crippen LogP contribution is -2.30. The molecular weight excluding hydrogens is 242 g/mol. The van der Waals surface area contributed by atoms with Gasteiger partial charge in [-0.05, 0) is 39.2 Å². The third kappa shape index (κ3) is 2.64. The van der Waals surface area contributed by atoms with Gasteiger partial charge in [0, 0.05) is 24.0 Å². The summed E-state index contributed by atoms with van der Waals surface area (Å²) >= 11 is 5.20. The second kappa shape index (κ2) is 5.22. The molecule has 3 nitrogen and oxygen atoms in total. The summed E-state index contributed by atoms with van der Waals surface area (Å²) in [5.41, 5.74) is 9.99. The van der Waals surface area contributed by atoms with E-state index in [9.17, 15) is 0 Å². The number of nitrogens with zero attached hydrogens (tertiary/aromatic N) is 2. The Morgan fingerprint density at radius 2 is 2.17 bits per heavy atom. The van der Waals surface area contributed by atoms with Gasteiger partial charge in [0.2, 0.25) is 0 Å². The summed E-state index contributed by atoms with van der Waals surface area (Å²) in [6, 6.07) is 2.79. The minimum absolute atomic E-state index is 0.455. The Morgan fingerprint density at radius 3 is 2.67 bits per heavy atom. The van der Waals surface area contributed by atoms with Gasteiger partial charge in [0.05, 0.1) is 11.3 Å². The Bertz CT molecular complexity index is 466. The Labute approximate surface area is 114 Å². The molecule has 0 saturated heterocycles. The van der Waals surface area contributed by atoms with Crippen molar-refractivity contribution < 1.29 is 0 Å². The monoisotopic (exact) mass is 263 g/mol. The van der Waals surface area contributed by atoms with Crippen LogP contribution >= 0.6 is 12.2 Å². The molecule has 0 amide bonds. The summed E-state index contributed by atoms with van der Waals surface area (Å²) < 4.78 is 0. The van der Waals surface area contributed by atoms with E-state index in [2.05, 4.69) is 22.9 Å². The SMILES string of the molecule is CCCN(c1cc(C)nc(C)c1C(N)=S)C1CC1. The van der Waals surface area contributed by atoms with E-state index in [0.717, 1.165) is 29.9 Å². The van der Waals surface area contributed by atoms with E-state index < -0.39 is 0 Å². The van der Waals surface area contributed by atoms with Crippen molar-refractivity contribution in [2.45, 2.75) is 46.1 Å². The summed E-state index contributed by atoms with van der Waals surface area (Å²) in [5.74, 6) is 0. The molecule has 1 aromatic rings. The molecule has 2 N–H and O–H groups in total. The molecule has 1 aliphatic carbocycles. The third-order valence-corrected chi connectivity index (χ3v) is 3.52. The first-order valence-electron chi connectivity index (χ1n) is 6.59. The van der Waals surface area contributed by atoms with Crippen LogP contribution in [0.5, 0.6) is 0 Å². The van der Waals surface area contributed by atoms with Gasteiger partial charge in [-0.1, -0.05) is 19.1 Å². The smallest absolute Gasteiger partial charge is 0.107 e. The third-order valence-electron chi connectivity index (χ3n) is 3.32. The fourth-order valence-electron chi connectivity index (χ4n) is 2.47. The van der Waals surface area contributed by atoms with Gasteiger partial charge < -0.3 is 10.6 Å². The zero-order valence-corrected chi connectivity index (χ0v) is 12.2. The van der Waals surface area contributed by atoms with Crippen LogP contribution in [0.1, 0.15) is 43.1 Å². The van der Waals surface area contributed by atoms with Crippen molar-refractivity contribution in [2.75, 3.05) is 11.4 Å². The molecule has 1 heterocycles. The highest BCUT2D eigenvalue weighted by molar-refractivity contribution is 7.80. The molecule has 0 spiro atoms. The van der Waals surface area contributed by atoms with Crippen LogP contribution < -0.4 is 10.6 Å². The predicted molar refractivity (Wildman–Crippen MR) is 80.3 cm³/mol. The number of nitrogens with two attached hydrogens (primary N) is 1. The van der Waals surface area contributed by atoms with E-state index in [0.29, 0.717) is 11.0 Å². The van der Waals surface area contributed by atoms with Gasteiger partial charge >= 0.3 is 0 Å². The number of thiocarbonyl (C=S) groups is 1. The highest BCUT2D eigenvalue weighted by Gasteiger charge is 2.30. The Kier molecular flexibility index (Phi) is 3.85. The number of aryl methyl sites for hydroxylation is 2. The van der Waals surface area contributed by atoms with Crippen molar-refractivity contribution in [3.8, 4) is 0 Å². The van der Waals surface area contributed by atoms with Gasteiger partial charge in [-0.15, -0.1) is 0 Å². The number of pyridine rings is 1. The van der Waals surface area contributed by atoms with Gasteiger partial charge in [0.1, 0.15) is 4.99 Å². The number of aromatic nitrogens is 1. The maximum absolute atomic E-state index is 5.88. The first-order valence-corrected chi connectivity index (χ1v) is 7.00. The molecule has 0 unspecified atom stereocenters. The van der Waals surface area contributed by atoms with Crippen molar-refractivity contribution in [2.24, 2.45) is 5.73 Å². The van der Waals surface area contributed by atoms with Gasteiger partial charge in [0.15, 0.2) is 0 Å². The highest BCUT2D eigenvalue weighted by atomic mass is 32.1. The molecule has 0 atom stereocenters. The zero-order chi connectivity index (χ0) is 13.3. The normalized spacial score (nSPS) is 14.6. The van der Waals surface area contributed by atoms with Crippen LogP contribution in [0.3, 0.4) is 0 Å². The average Bonchev–Trinajstić information content (AvgIpc) is 3.07. The molecule has 4 heteroatoms. The maximum atomic E-state index is 5.88. The standard InChI is InChI=1S/C14H21N3S/c1-4-7-17(11-5-6-11)12-8-9(2)16-10(3)13(12)14(15)18/h8,11H,4-7H2,1-3H3,(H2,15,18). The molecule has 0 aromatic carbocycles. The van der Waals surface area contributed by atoms with Crippen LogP contribution in [0.2, 0.25) is 0 Å². The molecule has 1 fully saturated rings. The Morgan fingerprint density at radius 1 is 1.50 bits per heavy atom. The molecule has 98 valence electrons. The summed E-state index contributed by atoms with van der Waals surface area (Å²) in [4.78, 5) is 7.39. The molecule has 18 heavy (non-hydrogen) atoms. The van der Waals surface area contributed by atoms with E-state index in [1.54, 1.807) is 0 Å². The van der Waals surface area contributed by atoms with Crippen molar-refractivity contribution in [3.63, 3.8) is 0 Å². The fraction of sp³-hybridized carbons (Fsp3) is 0.571. The second-order valence-corrected chi connectivity index (χ2v) is 5.47. The number of hydrogen-bond acceptors (Lipinski definition) is 3. The molecule has 0 aliphatic heterocycles. The molecular formula is C14H21N3S. The topological polar surface area (TPSA) is 42.2 Å². The maximum Gasteiger partial charge on any atom is 0.107 e. The van der Waals surface area contributed by atoms with E-state index >= 15 is 0 Å². The summed E-state index contributed by atoms with van der Waals surface area (Å²) in [5, 5.41) is 0. The molecule has 0 bridgehead atoms. The lowest BCUT2D eigenvalue weighted by atomic mass is 10.1. The van der Waals surface area contributed by atoms with Gasteiger partial charge in [0.25, 0.3) is 0 Å². The first-order chi connectivity index (χ1) is 8.54. The van der Waals surface area contributed by atoms with Gasteiger partial charge in [-0.2, -0.15) is 0 Å². The van der Waals surface area contributed by atoms with E-state index in [-0.39, 0.29) is 0 Å². The highest BCUT2D eigenvalue weighted by Crippen LogP contribution is 2.34. The summed E-state index contributed by atoms with van der Waals surface area (Å²) in [7, 11) is 0. The molecule has 1 aliphatic rings. The quantitative estimate of drug-likeness (QED) is 0.829. The lowest BCUT2D eigenvalue weighted by Gasteiger charge is -2.27. The molecule has 1 aromatic heterocycles. The minimum Gasteiger partial charge on any atom is -0.389 e. The largest absolute Gasteiger partial charge is 0.389 e. The van der Waals surface area contributed by atoms with Crippen LogP contribution in [-0.4, -0.2) is 22.6 Å². The molecule has 2 rings (SSSR count). The van der Waals surface area contributed by atoms with Gasteiger partial charge in [-0.3, -0.25) is 4.98 Å². The minimum atomic E-state index is 0.455. The average molecular weight is 263 g/mol. The lowest BCUT2D eigenvalue weighted by molar-refractivity contribution is 0.760. The number of anilines is 1. The van der Waals surface area contributed by atoms with E-state index in [1.807, 2.05) is 13.8 Å². The van der Waals surface area contributed by atoms with Crippen LogP contribution in [0.25, 0.3) is 0 Å². The molecule has 0 radical (unpaired) electrons. The van der Waals surface area contributed by atoms with Crippen molar-refractivity contribution in [1.29, 1.82) is 0 Å². The van der Waals surface area contributed by atoms with Gasteiger partial charge in [-0.25, -0.2) is 0 Å². The number of hydrogen-bond donors (Lipinski definition) is 1. The van der Waals surface area contributed by atoms with E-state index in [4.69, 9.17) is 18.0 Å².